The van der Waals surface area contributed by atoms with Crippen LogP contribution in [0.25, 0.3) is 10.9 Å². The van der Waals surface area contributed by atoms with Gasteiger partial charge in [0.15, 0.2) is 0 Å². The first-order valence-corrected chi connectivity index (χ1v) is 9.67. The van der Waals surface area contributed by atoms with Crippen LogP contribution >= 0.6 is 11.6 Å². The number of amides is 2. The van der Waals surface area contributed by atoms with E-state index in [1.807, 2.05) is 28.8 Å². The fourth-order valence-electron chi connectivity index (χ4n) is 3.37. The highest BCUT2D eigenvalue weighted by Crippen LogP contribution is 2.25. The van der Waals surface area contributed by atoms with Gasteiger partial charge in [0.05, 0.1) is 11.3 Å². The van der Waals surface area contributed by atoms with Crippen molar-refractivity contribution in [2.75, 3.05) is 4.90 Å². The van der Waals surface area contributed by atoms with Crippen molar-refractivity contribution in [1.29, 1.82) is 0 Å². The second-order valence-corrected chi connectivity index (χ2v) is 7.21. The molecule has 7 nitrogen and oxygen atoms in total. The molecule has 31 heavy (non-hydrogen) atoms. The topological polar surface area (TPSA) is 92.5 Å². The van der Waals surface area contributed by atoms with Crippen LogP contribution in [0.1, 0.15) is 15.9 Å². The third-order valence-corrected chi connectivity index (χ3v) is 5.06. The van der Waals surface area contributed by atoms with Gasteiger partial charge in [-0.1, -0.05) is 41.9 Å². The second kappa shape index (κ2) is 8.41. The van der Waals surface area contributed by atoms with Gasteiger partial charge >= 0.3 is 12.0 Å². The van der Waals surface area contributed by atoms with Gasteiger partial charge in [-0.3, -0.25) is 14.6 Å². The van der Waals surface area contributed by atoms with Crippen molar-refractivity contribution in [2.45, 2.75) is 6.54 Å². The Labute approximate surface area is 182 Å². The van der Waals surface area contributed by atoms with Gasteiger partial charge in [0.2, 0.25) is 0 Å². The van der Waals surface area contributed by atoms with Crippen LogP contribution in [0.2, 0.25) is 5.02 Å². The molecule has 0 bridgehead atoms. The molecule has 0 aliphatic heterocycles. The SMILES string of the molecule is O=C(C(=O)N(C(=O)O)c1ccncc1)c1cn(Cc2ccc(Cl)cc2)c2ccccc12. The molecule has 0 aliphatic carbocycles. The first-order valence-electron chi connectivity index (χ1n) is 9.30. The molecule has 0 aliphatic rings. The average Bonchev–Trinajstić information content (AvgIpc) is 3.14. The van der Waals surface area contributed by atoms with Crippen LogP contribution in [0.4, 0.5) is 10.5 Å². The first-order chi connectivity index (χ1) is 15.0. The number of halogens is 1. The number of Topliss-reactive ketones (excluding diaryl/α,β-unsaturated/α-hetero) is 1. The maximum absolute atomic E-state index is 13.1. The number of fused-ring (bicyclic) bond motifs is 1. The minimum absolute atomic E-state index is 0.0470. The number of benzene rings is 2. The largest absolute Gasteiger partial charge is 0.464 e. The summed E-state index contributed by atoms with van der Waals surface area (Å²) in [7, 11) is 0. The Kier molecular flexibility index (Phi) is 5.51. The molecule has 0 saturated heterocycles. The Hall–Kier alpha value is -3.97. The lowest BCUT2D eigenvalue weighted by atomic mass is 10.1. The zero-order valence-corrected chi connectivity index (χ0v) is 16.9. The number of para-hydroxylation sites is 1. The number of anilines is 1. The normalized spacial score (nSPS) is 10.7. The van der Waals surface area contributed by atoms with E-state index in [9.17, 15) is 19.5 Å². The molecule has 0 radical (unpaired) electrons. The van der Waals surface area contributed by atoms with Crippen LogP contribution in [-0.4, -0.2) is 32.4 Å². The smallest absolute Gasteiger partial charge is 0.419 e. The van der Waals surface area contributed by atoms with Crippen LogP contribution in [0.15, 0.2) is 79.3 Å². The van der Waals surface area contributed by atoms with E-state index in [0.29, 0.717) is 21.9 Å². The van der Waals surface area contributed by atoms with Crippen molar-refractivity contribution in [3.63, 3.8) is 0 Å². The summed E-state index contributed by atoms with van der Waals surface area (Å²) in [5.74, 6) is -2.07. The molecule has 2 aromatic heterocycles. The van der Waals surface area contributed by atoms with Crippen molar-refractivity contribution in [1.82, 2.24) is 9.55 Å². The van der Waals surface area contributed by atoms with Crippen molar-refractivity contribution in [2.24, 2.45) is 0 Å². The molecule has 4 aromatic rings. The molecule has 0 spiro atoms. The summed E-state index contributed by atoms with van der Waals surface area (Å²) in [4.78, 5) is 41.9. The predicted molar refractivity (Wildman–Crippen MR) is 117 cm³/mol. The van der Waals surface area contributed by atoms with Crippen LogP contribution in [0.3, 0.4) is 0 Å². The lowest BCUT2D eigenvalue weighted by Crippen LogP contribution is -2.40. The standard InChI is InChI=1S/C23H16ClN3O4/c24-16-7-5-15(6-8-16)13-26-14-19(18-3-1-2-4-20(18)26)21(28)22(29)27(23(30)31)17-9-11-25-12-10-17/h1-12,14H,13H2,(H,30,31). The summed E-state index contributed by atoms with van der Waals surface area (Å²) in [5.41, 5.74) is 1.89. The predicted octanol–water partition coefficient (Wildman–Crippen LogP) is 4.63. The van der Waals surface area contributed by atoms with Gasteiger partial charge in [0.25, 0.3) is 5.78 Å². The minimum atomic E-state index is -1.55. The molecule has 2 amide bonds. The van der Waals surface area contributed by atoms with Crippen molar-refractivity contribution < 1.29 is 19.5 Å². The first kappa shape index (κ1) is 20.3. The fraction of sp³-hybridized carbons (Fsp3) is 0.0435. The molecular formula is C23H16ClN3O4. The number of ketones is 1. The van der Waals surface area contributed by atoms with Crippen LogP contribution in [-0.2, 0) is 11.3 Å². The zero-order valence-electron chi connectivity index (χ0n) is 16.1. The van der Waals surface area contributed by atoms with E-state index in [2.05, 4.69) is 4.98 Å². The second-order valence-electron chi connectivity index (χ2n) is 6.77. The van der Waals surface area contributed by atoms with Gasteiger partial charge in [-0.25, -0.2) is 9.69 Å². The Morgan fingerprint density at radius 2 is 1.65 bits per heavy atom. The summed E-state index contributed by atoms with van der Waals surface area (Å²) < 4.78 is 1.84. The number of aromatic nitrogens is 2. The van der Waals surface area contributed by atoms with Crippen LogP contribution in [0.5, 0.6) is 0 Å². The monoisotopic (exact) mass is 433 g/mol. The number of nitrogens with zero attached hydrogens (tertiary/aromatic N) is 3. The maximum Gasteiger partial charge on any atom is 0.419 e. The van der Waals surface area contributed by atoms with Gasteiger partial charge in [-0.15, -0.1) is 0 Å². The van der Waals surface area contributed by atoms with E-state index in [0.717, 1.165) is 11.1 Å². The van der Waals surface area contributed by atoms with Crippen LogP contribution in [0, 0.1) is 0 Å². The Balaban J connectivity index is 1.73. The van der Waals surface area contributed by atoms with Crippen molar-refractivity contribution in [3.8, 4) is 0 Å². The zero-order chi connectivity index (χ0) is 22.0. The minimum Gasteiger partial charge on any atom is -0.464 e. The molecule has 2 aromatic carbocycles. The summed E-state index contributed by atoms with van der Waals surface area (Å²) in [5, 5.41) is 10.7. The van der Waals surface area contributed by atoms with E-state index in [4.69, 9.17) is 11.6 Å². The number of rotatable bonds is 5. The molecule has 2 heterocycles. The number of carbonyl (C=O) groups is 3. The van der Waals surface area contributed by atoms with E-state index < -0.39 is 17.8 Å². The molecule has 0 unspecified atom stereocenters. The highest BCUT2D eigenvalue weighted by atomic mass is 35.5. The Morgan fingerprint density at radius 3 is 2.32 bits per heavy atom. The number of pyridine rings is 1. The molecule has 1 N–H and O–H groups in total. The molecule has 154 valence electrons. The molecular weight excluding hydrogens is 418 g/mol. The summed E-state index contributed by atoms with van der Waals surface area (Å²) in [6.07, 6.45) is 2.73. The number of carboxylic acid groups (broad SMARTS) is 1. The third-order valence-electron chi connectivity index (χ3n) is 4.81. The number of hydrogen-bond acceptors (Lipinski definition) is 4. The number of imide groups is 1. The van der Waals surface area contributed by atoms with Crippen molar-refractivity contribution >= 4 is 46.0 Å². The van der Waals surface area contributed by atoms with Gasteiger partial charge in [-0.05, 0) is 35.9 Å². The molecule has 8 heteroatoms. The molecule has 4 rings (SSSR count). The lowest BCUT2D eigenvalue weighted by Gasteiger charge is -2.15. The van der Waals surface area contributed by atoms with Gasteiger partial charge in [0.1, 0.15) is 0 Å². The van der Waals surface area contributed by atoms with Gasteiger partial charge in [0, 0.05) is 41.1 Å². The third kappa shape index (κ3) is 4.04. The van der Waals surface area contributed by atoms with Gasteiger partial charge in [-0.2, -0.15) is 0 Å². The molecule has 0 atom stereocenters. The van der Waals surface area contributed by atoms with E-state index in [1.54, 1.807) is 30.5 Å². The van der Waals surface area contributed by atoms with Crippen LogP contribution < -0.4 is 4.90 Å². The maximum atomic E-state index is 13.1. The molecule has 0 saturated carbocycles. The van der Waals surface area contributed by atoms with E-state index in [-0.39, 0.29) is 11.3 Å². The quantitative estimate of drug-likeness (QED) is 0.366. The summed E-state index contributed by atoms with van der Waals surface area (Å²) >= 11 is 5.95. The summed E-state index contributed by atoms with van der Waals surface area (Å²) in [6, 6.07) is 17.2. The average molecular weight is 434 g/mol. The number of hydrogen-bond donors (Lipinski definition) is 1. The number of carbonyl (C=O) groups excluding carboxylic acids is 2. The fourth-order valence-corrected chi connectivity index (χ4v) is 3.50. The highest BCUT2D eigenvalue weighted by Gasteiger charge is 2.31. The molecule has 0 fully saturated rings. The Morgan fingerprint density at radius 1 is 0.968 bits per heavy atom. The van der Waals surface area contributed by atoms with E-state index in [1.165, 1.54) is 24.5 Å². The lowest BCUT2D eigenvalue weighted by molar-refractivity contribution is -0.114. The van der Waals surface area contributed by atoms with Crippen molar-refractivity contribution in [3.05, 3.63) is 95.4 Å². The van der Waals surface area contributed by atoms with E-state index >= 15 is 0 Å². The van der Waals surface area contributed by atoms with Gasteiger partial charge < -0.3 is 9.67 Å². The highest BCUT2D eigenvalue weighted by molar-refractivity contribution is 6.51. The Bertz CT molecular complexity index is 1280. The summed E-state index contributed by atoms with van der Waals surface area (Å²) in [6.45, 7) is 0.451.